The number of pyridine rings is 2. The zero-order valence-corrected chi connectivity index (χ0v) is 15.2. The molecule has 2 atom stereocenters. The number of anilines is 1. The summed E-state index contributed by atoms with van der Waals surface area (Å²) in [5.74, 6) is 1.04. The number of fused-ring (bicyclic) bond motifs is 1. The van der Waals surface area contributed by atoms with Crippen LogP contribution in [0.25, 0.3) is 10.9 Å². The van der Waals surface area contributed by atoms with E-state index in [-0.39, 0.29) is 12.1 Å². The van der Waals surface area contributed by atoms with E-state index in [4.69, 9.17) is 4.74 Å². The minimum atomic E-state index is 0.0182. The highest BCUT2D eigenvalue weighted by molar-refractivity contribution is 5.90. The quantitative estimate of drug-likeness (QED) is 0.759. The fourth-order valence-electron chi connectivity index (χ4n) is 3.66. The summed E-state index contributed by atoms with van der Waals surface area (Å²) < 4.78 is 8.23. The first-order valence-corrected chi connectivity index (χ1v) is 9.03. The molecule has 4 rings (SSSR count). The molecule has 1 aliphatic heterocycles. The van der Waals surface area contributed by atoms with Crippen LogP contribution in [-0.2, 0) is 11.8 Å². The molecule has 0 spiro atoms. The van der Waals surface area contributed by atoms with Crippen LogP contribution in [-0.4, -0.2) is 56.8 Å². The van der Waals surface area contributed by atoms with Gasteiger partial charge in [0.05, 0.1) is 24.3 Å². The Bertz CT molecular complexity index is 874. The molecule has 0 radical (unpaired) electrons. The van der Waals surface area contributed by atoms with E-state index < -0.39 is 0 Å². The average Bonchev–Trinajstić information content (AvgIpc) is 3.11. The predicted octanol–water partition coefficient (Wildman–Crippen LogP) is 2.24. The van der Waals surface area contributed by atoms with Crippen molar-refractivity contribution in [2.75, 3.05) is 31.6 Å². The van der Waals surface area contributed by atoms with Crippen LogP contribution >= 0.6 is 0 Å². The predicted molar refractivity (Wildman–Crippen MR) is 101 cm³/mol. The fourth-order valence-corrected chi connectivity index (χ4v) is 3.66. The van der Waals surface area contributed by atoms with Gasteiger partial charge < -0.3 is 14.6 Å². The number of aromatic nitrogens is 4. The first-order chi connectivity index (χ1) is 12.8. The zero-order chi connectivity index (χ0) is 17.9. The van der Waals surface area contributed by atoms with E-state index in [1.165, 1.54) is 0 Å². The third-order valence-corrected chi connectivity index (χ3v) is 5.02. The van der Waals surface area contributed by atoms with Gasteiger partial charge in [-0.2, -0.15) is 0 Å². The number of aryl methyl sites for hydroxylation is 1. The molecule has 3 aromatic rings. The lowest BCUT2D eigenvalue weighted by Gasteiger charge is -2.40. The topological polar surface area (TPSA) is 68.1 Å². The number of imidazole rings is 1. The smallest absolute Gasteiger partial charge is 0.128 e. The largest absolute Gasteiger partial charge is 0.382 e. The molecule has 3 aromatic heterocycles. The van der Waals surface area contributed by atoms with Crippen LogP contribution < -0.4 is 5.32 Å². The maximum absolute atomic E-state index is 6.15. The van der Waals surface area contributed by atoms with E-state index in [0.717, 1.165) is 42.1 Å². The van der Waals surface area contributed by atoms with Crippen molar-refractivity contribution in [2.24, 2.45) is 7.05 Å². The lowest BCUT2D eigenvalue weighted by atomic mass is 10.1. The van der Waals surface area contributed by atoms with Gasteiger partial charge in [0, 0.05) is 62.2 Å². The molecule has 0 bridgehead atoms. The number of hydrogen-bond donors (Lipinski definition) is 1. The Kier molecular flexibility index (Phi) is 4.81. The molecule has 136 valence electrons. The van der Waals surface area contributed by atoms with Crippen LogP contribution in [0.15, 0.2) is 43.1 Å². The molecule has 4 heterocycles. The highest BCUT2D eigenvalue weighted by Gasteiger charge is 2.35. The van der Waals surface area contributed by atoms with E-state index in [1.807, 2.05) is 44.0 Å². The maximum Gasteiger partial charge on any atom is 0.128 e. The Morgan fingerprint density at radius 3 is 2.96 bits per heavy atom. The van der Waals surface area contributed by atoms with E-state index in [1.54, 1.807) is 6.20 Å². The van der Waals surface area contributed by atoms with Gasteiger partial charge in [-0.05, 0) is 18.7 Å². The van der Waals surface area contributed by atoms with Crippen LogP contribution in [0.2, 0.25) is 0 Å². The standard InChI is InChI=1S/C19H24N6O/c1-3-25-10-11-26-17(18(25)19-22-8-9-24(19)2)13-23-16-5-7-21-15-4-6-20-12-14(15)16/h4-9,12,17-18H,3,10-11,13H2,1-2H3,(H,21,23)/t17-,18+/m0/s1. The van der Waals surface area contributed by atoms with Crippen molar-refractivity contribution >= 4 is 16.6 Å². The second kappa shape index (κ2) is 7.39. The number of morpholine rings is 1. The van der Waals surface area contributed by atoms with Crippen LogP contribution in [0.1, 0.15) is 18.8 Å². The molecule has 1 saturated heterocycles. The number of likely N-dealkylation sites (N-methyl/N-ethyl adjacent to an activating group) is 1. The summed E-state index contributed by atoms with van der Waals surface area (Å²) >= 11 is 0. The second-order valence-corrected chi connectivity index (χ2v) is 6.51. The molecule has 0 unspecified atom stereocenters. The van der Waals surface area contributed by atoms with Gasteiger partial charge in [-0.3, -0.25) is 14.9 Å². The lowest BCUT2D eigenvalue weighted by molar-refractivity contribution is -0.0675. The van der Waals surface area contributed by atoms with Crippen LogP contribution in [0.5, 0.6) is 0 Å². The number of hydrogen-bond acceptors (Lipinski definition) is 6. The highest BCUT2D eigenvalue weighted by Crippen LogP contribution is 2.29. The van der Waals surface area contributed by atoms with Crippen molar-refractivity contribution in [2.45, 2.75) is 19.1 Å². The van der Waals surface area contributed by atoms with Gasteiger partial charge in [0.25, 0.3) is 0 Å². The molecular weight excluding hydrogens is 328 g/mol. The third kappa shape index (κ3) is 3.15. The van der Waals surface area contributed by atoms with Gasteiger partial charge in [0.2, 0.25) is 0 Å². The summed E-state index contributed by atoms with van der Waals surface area (Å²) in [5.41, 5.74) is 1.96. The molecule has 7 nitrogen and oxygen atoms in total. The van der Waals surface area contributed by atoms with Crippen molar-refractivity contribution < 1.29 is 4.74 Å². The SMILES string of the molecule is CCN1CCO[C@@H](CNc2ccnc3ccncc23)[C@@H]1c1nccn1C. The molecular formula is C19H24N6O. The Hall–Kier alpha value is -2.51. The normalized spacial score (nSPS) is 21.2. The molecule has 0 saturated carbocycles. The molecule has 0 aliphatic carbocycles. The monoisotopic (exact) mass is 352 g/mol. The van der Waals surface area contributed by atoms with E-state index in [0.29, 0.717) is 6.54 Å². The van der Waals surface area contributed by atoms with Gasteiger partial charge in [0.15, 0.2) is 0 Å². The maximum atomic E-state index is 6.15. The summed E-state index contributed by atoms with van der Waals surface area (Å²) in [6.45, 7) is 5.52. The molecule has 26 heavy (non-hydrogen) atoms. The van der Waals surface area contributed by atoms with Crippen molar-refractivity contribution in [3.63, 3.8) is 0 Å². The summed E-state index contributed by atoms with van der Waals surface area (Å²) in [4.78, 5) is 15.6. The van der Waals surface area contributed by atoms with Crippen molar-refractivity contribution in [3.05, 3.63) is 48.9 Å². The van der Waals surface area contributed by atoms with Crippen LogP contribution in [0.4, 0.5) is 5.69 Å². The molecule has 1 fully saturated rings. The summed E-state index contributed by atoms with van der Waals surface area (Å²) in [6.07, 6.45) is 9.29. The zero-order valence-electron chi connectivity index (χ0n) is 15.2. The van der Waals surface area contributed by atoms with Gasteiger partial charge in [0.1, 0.15) is 5.82 Å². The average molecular weight is 352 g/mol. The molecule has 0 aromatic carbocycles. The highest BCUT2D eigenvalue weighted by atomic mass is 16.5. The number of nitrogens with one attached hydrogen (secondary N) is 1. The third-order valence-electron chi connectivity index (χ3n) is 5.02. The van der Waals surface area contributed by atoms with Crippen molar-refractivity contribution in [1.82, 2.24) is 24.4 Å². The summed E-state index contributed by atoms with van der Waals surface area (Å²) in [7, 11) is 2.04. The second-order valence-electron chi connectivity index (χ2n) is 6.51. The minimum absolute atomic E-state index is 0.0182. The van der Waals surface area contributed by atoms with E-state index >= 15 is 0 Å². The van der Waals surface area contributed by atoms with E-state index in [2.05, 4.69) is 36.7 Å². The molecule has 0 amide bonds. The van der Waals surface area contributed by atoms with Crippen LogP contribution in [0, 0.1) is 0 Å². The number of ether oxygens (including phenoxy) is 1. The van der Waals surface area contributed by atoms with Gasteiger partial charge in [-0.25, -0.2) is 4.98 Å². The first kappa shape index (κ1) is 16.9. The number of nitrogens with zero attached hydrogens (tertiary/aromatic N) is 5. The van der Waals surface area contributed by atoms with Gasteiger partial charge >= 0.3 is 0 Å². The Morgan fingerprint density at radius 2 is 2.15 bits per heavy atom. The van der Waals surface area contributed by atoms with Gasteiger partial charge in [-0.1, -0.05) is 6.92 Å². The summed E-state index contributed by atoms with van der Waals surface area (Å²) in [6, 6.07) is 4.04. The molecule has 1 N–H and O–H groups in total. The fraction of sp³-hybridized carbons (Fsp3) is 0.421. The summed E-state index contributed by atoms with van der Waals surface area (Å²) in [5, 5.41) is 4.56. The van der Waals surface area contributed by atoms with Crippen molar-refractivity contribution in [1.29, 1.82) is 0 Å². The first-order valence-electron chi connectivity index (χ1n) is 9.03. The number of rotatable bonds is 5. The molecule has 7 heteroatoms. The Balaban J connectivity index is 1.58. The minimum Gasteiger partial charge on any atom is -0.382 e. The van der Waals surface area contributed by atoms with Gasteiger partial charge in [-0.15, -0.1) is 0 Å². The van der Waals surface area contributed by atoms with Crippen molar-refractivity contribution in [3.8, 4) is 0 Å². The van der Waals surface area contributed by atoms with E-state index in [9.17, 15) is 0 Å². The lowest BCUT2D eigenvalue weighted by Crippen LogP contribution is -2.48. The molecule has 1 aliphatic rings. The Labute approximate surface area is 153 Å². The Morgan fingerprint density at radius 1 is 1.23 bits per heavy atom. The van der Waals surface area contributed by atoms with Crippen LogP contribution in [0.3, 0.4) is 0 Å².